The van der Waals surface area contributed by atoms with Crippen molar-refractivity contribution in [3.63, 3.8) is 0 Å². The first kappa shape index (κ1) is 14.1. The predicted octanol–water partition coefficient (Wildman–Crippen LogP) is -1.98. The molecule has 15 heavy (non-hydrogen) atoms. The fourth-order valence-corrected chi connectivity index (χ4v) is 1.30. The number of aromatic nitrogens is 1. The van der Waals surface area contributed by atoms with E-state index in [2.05, 4.69) is 17.7 Å². The van der Waals surface area contributed by atoms with E-state index in [1.165, 1.54) is 12.7 Å². The molecule has 0 fully saturated rings. The van der Waals surface area contributed by atoms with Gasteiger partial charge in [0.15, 0.2) is 11.9 Å². The maximum atomic E-state index is 11.0. The average molecular weight is 274 g/mol. The number of hydrogen-bond donors (Lipinski definition) is 0. The Morgan fingerprint density at radius 1 is 1.53 bits per heavy atom. The van der Waals surface area contributed by atoms with Gasteiger partial charge in [0.1, 0.15) is 0 Å². The van der Waals surface area contributed by atoms with Gasteiger partial charge >= 0.3 is 5.97 Å². The van der Waals surface area contributed by atoms with Crippen LogP contribution >= 0.6 is 0 Å². The molecule has 0 amide bonds. The van der Waals surface area contributed by atoms with Gasteiger partial charge in [-0.05, 0) is 12.0 Å². The molecule has 0 aliphatic heterocycles. The number of rotatable bonds is 3. The summed E-state index contributed by atoms with van der Waals surface area (Å²) in [5, 5.41) is 0. The van der Waals surface area contributed by atoms with Crippen LogP contribution < -0.4 is 21.5 Å². The molecule has 0 spiro atoms. The molecular formula is C11H16BrNO2. The van der Waals surface area contributed by atoms with Crippen LogP contribution in [0.4, 0.5) is 0 Å². The number of esters is 1. The lowest BCUT2D eigenvalue weighted by Crippen LogP contribution is -3.00. The lowest BCUT2D eigenvalue weighted by molar-refractivity contribution is -0.691. The first-order chi connectivity index (χ1) is 6.67. The molecule has 0 aliphatic rings. The van der Waals surface area contributed by atoms with Crippen LogP contribution in [0.1, 0.15) is 18.2 Å². The van der Waals surface area contributed by atoms with E-state index >= 15 is 0 Å². The van der Waals surface area contributed by atoms with E-state index in [1.807, 2.05) is 23.8 Å². The minimum absolute atomic E-state index is 0. The Kier molecular flexibility index (Phi) is 6.17. The van der Waals surface area contributed by atoms with Crippen LogP contribution in [0.2, 0.25) is 0 Å². The highest BCUT2D eigenvalue weighted by Crippen LogP contribution is 1.99. The molecule has 4 heteroatoms. The standard InChI is InChI=1S/C11H16NO2.BrH/c1-4-10-5-6-12(9(2)7-10)8-11(13)14-3;/h5-7H,4,8H2,1-3H3;1H/q+1;/p-1. The van der Waals surface area contributed by atoms with E-state index in [-0.39, 0.29) is 29.5 Å². The molecule has 0 atom stereocenters. The summed E-state index contributed by atoms with van der Waals surface area (Å²) in [7, 11) is 1.40. The van der Waals surface area contributed by atoms with Crippen LogP contribution in [0.25, 0.3) is 0 Å². The lowest BCUT2D eigenvalue weighted by atomic mass is 10.2. The minimum atomic E-state index is -0.220. The van der Waals surface area contributed by atoms with E-state index in [1.54, 1.807) is 0 Å². The maximum absolute atomic E-state index is 11.0. The van der Waals surface area contributed by atoms with Crippen molar-refractivity contribution in [3.8, 4) is 0 Å². The minimum Gasteiger partial charge on any atom is -1.00 e. The molecule has 3 nitrogen and oxygen atoms in total. The molecule has 0 aliphatic carbocycles. The van der Waals surface area contributed by atoms with Crippen molar-refractivity contribution in [2.24, 2.45) is 0 Å². The summed E-state index contributed by atoms with van der Waals surface area (Å²) < 4.78 is 6.49. The van der Waals surface area contributed by atoms with E-state index in [0.29, 0.717) is 0 Å². The molecule has 1 rings (SSSR count). The molecule has 0 bridgehead atoms. The zero-order valence-electron chi connectivity index (χ0n) is 9.29. The Morgan fingerprint density at radius 3 is 2.67 bits per heavy atom. The molecule has 0 unspecified atom stereocenters. The quantitative estimate of drug-likeness (QED) is 0.472. The first-order valence-electron chi connectivity index (χ1n) is 4.73. The Labute approximate surface area is 101 Å². The van der Waals surface area contributed by atoms with Crippen LogP contribution in [0.5, 0.6) is 0 Å². The third-order valence-corrected chi connectivity index (χ3v) is 2.25. The summed E-state index contributed by atoms with van der Waals surface area (Å²) in [5.41, 5.74) is 2.36. The Balaban J connectivity index is 0.00000196. The lowest BCUT2D eigenvalue weighted by Gasteiger charge is -2.01. The van der Waals surface area contributed by atoms with Gasteiger partial charge in [-0.1, -0.05) is 6.92 Å². The maximum Gasteiger partial charge on any atom is 0.372 e. The van der Waals surface area contributed by atoms with E-state index in [4.69, 9.17) is 0 Å². The molecule has 0 N–H and O–H groups in total. The molecule has 0 saturated heterocycles. The fraction of sp³-hybridized carbons (Fsp3) is 0.455. The van der Waals surface area contributed by atoms with Crippen molar-refractivity contribution in [2.45, 2.75) is 26.8 Å². The molecular weight excluding hydrogens is 258 g/mol. The second-order valence-electron chi connectivity index (χ2n) is 3.23. The van der Waals surface area contributed by atoms with Crippen LogP contribution in [0.3, 0.4) is 0 Å². The number of ether oxygens (including phenoxy) is 1. The van der Waals surface area contributed by atoms with Crippen molar-refractivity contribution in [1.82, 2.24) is 0 Å². The van der Waals surface area contributed by atoms with Crippen LogP contribution in [0, 0.1) is 6.92 Å². The van der Waals surface area contributed by atoms with Gasteiger partial charge in [0.2, 0.25) is 6.54 Å². The van der Waals surface area contributed by atoms with Gasteiger partial charge in [-0.25, -0.2) is 4.79 Å². The molecule has 1 aromatic rings. The van der Waals surface area contributed by atoms with E-state index in [9.17, 15) is 4.79 Å². The molecule has 1 aromatic heterocycles. The van der Waals surface area contributed by atoms with Crippen molar-refractivity contribution in [3.05, 3.63) is 29.6 Å². The second-order valence-corrected chi connectivity index (χ2v) is 3.23. The Hall–Kier alpha value is -0.900. The number of nitrogens with zero attached hydrogens (tertiary/aromatic N) is 1. The summed E-state index contributed by atoms with van der Waals surface area (Å²) in [6, 6.07) is 4.11. The summed E-state index contributed by atoms with van der Waals surface area (Å²) in [6.45, 7) is 4.38. The number of aryl methyl sites for hydroxylation is 2. The first-order valence-corrected chi connectivity index (χ1v) is 4.73. The number of halogens is 1. The van der Waals surface area contributed by atoms with Gasteiger partial charge in [0, 0.05) is 19.1 Å². The topological polar surface area (TPSA) is 30.2 Å². The summed E-state index contributed by atoms with van der Waals surface area (Å²) in [5.74, 6) is -0.220. The van der Waals surface area contributed by atoms with Crippen LogP contribution in [-0.4, -0.2) is 13.1 Å². The highest BCUT2D eigenvalue weighted by atomic mass is 79.9. The summed E-state index contributed by atoms with van der Waals surface area (Å²) in [4.78, 5) is 11.0. The Morgan fingerprint density at radius 2 is 2.20 bits per heavy atom. The van der Waals surface area contributed by atoms with Crippen LogP contribution in [0.15, 0.2) is 18.3 Å². The highest BCUT2D eigenvalue weighted by molar-refractivity contribution is 5.67. The number of methoxy groups -OCH3 is 1. The molecule has 0 radical (unpaired) electrons. The predicted molar refractivity (Wildman–Crippen MR) is 52.8 cm³/mol. The van der Waals surface area contributed by atoms with E-state index in [0.717, 1.165) is 12.1 Å². The Bertz CT molecular complexity index is 339. The third kappa shape index (κ3) is 4.00. The van der Waals surface area contributed by atoms with Gasteiger partial charge in [-0.2, -0.15) is 4.57 Å². The van der Waals surface area contributed by atoms with Gasteiger partial charge in [-0.3, -0.25) is 0 Å². The van der Waals surface area contributed by atoms with Crippen molar-refractivity contribution >= 4 is 5.97 Å². The summed E-state index contributed by atoms with van der Waals surface area (Å²) >= 11 is 0. The molecule has 0 saturated carbocycles. The van der Waals surface area contributed by atoms with Crippen LogP contribution in [-0.2, 0) is 22.5 Å². The fourth-order valence-electron chi connectivity index (χ4n) is 1.30. The van der Waals surface area contributed by atoms with Gasteiger partial charge < -0.3 is 21.7 Å². The average Bonchev–Trinajstić information content (AvgIpc) is 2.20. The zero-order valence-corrected chi connectivity index (χ0v) is 10.9. The second kappa shape index (κ2) is 6.56. The normalized spacial score (nSPS) is 9.27. The van der Waals surface area contributed by atoms with Gasteiger partial charge in [0.25, 0.3) is 0 Å². The smallest absolute Gasteiger partial charge is 0.372 e. The van der Waals surface area contributed by atoms with Gasteiger partial charge in [-0.15, -0.1) is 0 Å². The van der Waals surface area contributed by atoms with Crippen molar-refractivity contribution in [1.29, 1.82) is 0 Å². The van der Waals surface area contributed by atoms with Crippen molar-refractivity contribution in [2.75, 3.05) is 7.11 Å². The number of carbonyl (C=O) groups is 1. The molecule has 1 heterocycles. The van der Waals surface area contributed by atoms with E-state index < -0.39 is 0 Å². The number of carbonyl (C=O) groups excluding carboxylic acids is 1. The molecule has 0 aromatic carbocycles. The largest absolute Gasteiger partial charge is 1.00 e. The summed E-state index contributed by atoms with van der Waals surface area (Å²) in [6.07, 6.45) is 2.94. The third-order valence-electron chi connectivity index (χ3n) is 2.25. The number of pyridine rings is 1. The molecule has 84 valence electrons. The number of hydrogen-bond acceptors (Lipinski definition) is 2. The zero-order chi connectivity index (χ0) is 10.6. The monoisotopic (exact) mass is 273 g/mol. The van der Waals surface area contributed by atoms with Crippen molar-refractivity contribution < 1.29 is 31.1 Å². The SMILES string of the molecule is CCc1cc[n+](CC(=O)OC)c(C)c1.[Br-]. The highest BCUT2D eigenvalue weighted by Gasteiger charge is 2.12. The van der Waals surface area contributed by atoms with Gasteiger partial charge in [0.05, 0.1) is 7.11 Å².